The van der Waals surface area contributed by atoms with E-state index in [9.17, 15) is 22.8 Å². The molecule has 46 heavy (non-hydrogen) atoms. The molecule has 0 bridgehead atoms. The molecule has 1 atom stereocenters. The molecule has 0 spiro atoms. The summed E-state index contributed by atoms with van der Waals surface area (Å²) < 4.78 is 70.8. The lowest BCUT2D eigenvalue weighted by atomic mass is 9.88. The van der Waals surface area contributed by atoms with Crippen LogP contribution in [-0.4, -0.2) is 33.1 Å². The molecule has 2 aromatic heterocycles. The van der Waals surface area contributed by atoms with E-state index in [1.54, 1.807) is 25.1 Å². The molecule has 1 unspecified atom stereocenters. The normalized spacial score (nSPS) is 20.9. The second-order valence-corrected chi connectivity index (χ2v) is 12.8. The Kier molecular flexibility index (Phi) is 7.44. The summed E-state index contributed by atoms with van der Waals surface area (Å²) in [4.78, 5) is 10.4. The van der Waals surface area contributed by atoms with Gasteiger partial charge in [0.25, 0.3) is 5.79 Å². The molecule has 4 heterocycles. The average Bonchev–Trinajstić information content (AvgIpc) is 3.42. The Labute approximate surface area is 266 Å². The van der Waals surface area contributed by atoms with Crippen molar-refractivity contribution in [1.82, 2.24) is 20.0 Å². The number of aromatic nitrogens is 3. The van der Waals surface area contributed by atoms with Crippen LogP contribution in [0.15, 0.2) is 53.2 Å². The fourth-order valence-corrected chi connectivity index (χ4v) is 6.47. The number of ether oxygens (including phenoxy) is 2. The first kappa shape index (κ1) is 30.4. The Balaban J connectivity index is 1.07. The summed E-state index contributed by atoms with van der Waals surface area (Å²) in [6.07, 6.45) is 0.314. The molecule has 0 N–H and O–H groups in total. The molecule has 1 saturated heterocycles. The maximum Gasteiger partial charge on any atom is 0.471 e. The summed E-state index contributed by atoms with van der Waals surface area (Å²) in [5.41, 5.74) is 2.62. The van der Waals surface area contributed by atoms with Gasteiger partial charge in [-0.15, -0.1) is 0 Å². The van der Waals surface area contributed by atoms with Gasteiger partial charge in [0.05, 0.1) is 22.7 Å². The standard InChI is InChI=1S/C33H28ClF4N5O3/c1-31(24-6-5-22(34)14-25(24)35)44-27-4-2-3-23(28(27)45-31)19-7-11-43(12-8-19)17-26-20(15-32(18-39)9-10-32)13-21(16-40-26)29-41-30(46-42-29)33(36,37)38/h2-6,13-14,16,19H,7-12,15,17H2,1H3. The summed E-state index contributed by atoms with van der Waals surface area (Å²) in [5, 5.41) is 13.5. The first-order chi connectivity index (χ1) is 22.0. The molecule has 1 saturated carbocycles. The van der Waals surface area contributed by atoms with Crippen molar-refractivity contribution in [3.05, 3.63) is 87.8 Å². The first-order valence-corrected chi connectivity index (χ1v) is 15.3. The third-order valence-corrected chi connectivity index (χ3v) is 9.27. The number of alkyl halides is 3. The van der Waals surface area contributed by atoms with Gasteiger partial charge in [-0.1, -0.05) is 28.9 Å². The Morgan fingerprint density at radius 2 is 1.89 bits per heavy atom. The molecule has 8 nitrogen and oxygen atoms in total. The molecule has 0 amide bonds. The van der Waals surface area contributed by atoms with Crippen molar-refractivity contribution >= 4 is 11.6 Å². The third-order valence-electron chi connectivity index (χ3n) is 9.04. The molecule has 4 aromatic rings. The topological polar surface area (TPSA) is 97.3 Å². The monoisotopic (exact) mass is 653 g/mol. The van der Waals surface area contributed by atoms with E-state index in [2.05, 4.69) is 30.6 Å². The summed E-state index contributed by atoms with van der Waals surface area (Å²) >= 11 is 5.96. The highest BCUT2D eigenvalue weighted by Gasteiger charge is 2.45. The number of rotatable bonds is 7. The molecule has 2 aromatic carbocycles. The predicted octanol–water partition coefficient (Wildman–Crippen LogP) is 7.81. The molecule has 1 aliphatic carbocycles. The minimum absolute atomic E-state index is 0.177. The van der Waals surface area contributed by atoms with E-state index < -0.39 is 29.1 Å². The zero-order valence-corrected chi connectivity index (χ0v) is 25.5. The van der Waals surface area contributed by atoms with Crippen LogP contribution >= 0.6 is 11.6 Å². The van der Waals surface area contributed by atoms with Gasteiger partial charge >= 0.3 is 12.1 Å². The van der Waals surface area contributed by atoms with Crippen molar-refractivity contribution < 1.29 is 31.6 Å². The van der Waals surface area contributed by atoms with Crippen molar-refractivity contribution in [1.29, 1.82) is 5.26 Å². The van der Waals surface area contributed by atoms with Crippen LogP contribution in [0.2, 0.25) is 5.02 Å². The maximum absolute atomic E-state index is 14.8. The lowest BCUT2D eigenvalue weighted by Gasteiger charge is -2.33. The van der Waals surface area contributed by atoms with Crippen LogP contribution in [0.1, 0.15) is 66.8 Å². The summed E-state index contributed by atoms with van der Waals surface area (Å²) in [6.45, 7) is 3.71. The zero-order chi connectivity index (χ0) is 32.3. The summed E-state index contributed by atoms with van der Waals surface area (Å²) in [7, 11) is 0. The van der Waals surface area contributed by atoms with E-state index in [0.29, 0.717) is 30.0 Å². The number of likely N-dealkylation sites (tertiary alicyclic amines) is 1. The van der Waals surface area contributed by atoms with Crippen LogP contribution in [0.5, 0.6) is 11.5 Å². The Morgan fingerprint density at radius 1 is 1.11 bits per heavy atom. The fourth-order valence-electron chi connectivity index (χ4n) is 6.31. The third kappa shape index (κ3) is 5.78. The number of pyridine rings is 1. The number of para-hydroxylation sites is 1. The first-order valence-electron chi connectivity index (χ1n) is 14.9. The summed E-state index contributed by atoms with van der Waals surface area (Å²) in [5.74, 6) is -2.12. The fraction of sp³-hybridized carbons (Fsp3) is 0.394. The zero-order valence-electron chi connectivity index (χ0n) is 24.7. The van der Waals surface area contributed by atoms with Crippen LogP contribution in [0.3, 0.4) is 0 Å². The Morgan fingerprint density at radius 3 is 2.57 bits per heavy atom. The lowest BCUT2D eigenvalue weighted by Crippen LogP contribution is -2.34. The molecule has 238 valence electrons. The molecular weight excluding hydrogens is 626 g/mol. The van der Waals surface area contributed by atoms with Crippen molar-refractivity contribution in [2.75, 3.05) is 13.1 Å². The molecular formula is C33H28ClF4N5O3. The van der Waals surface area contributed by atoms with Gasteiger partial charge in [-0.05, 0) is 87.0 Å². The Hall–Kier alpha value is -4.21. The van der Waals surface area contributed by atoms with Crippen molar-refractivity contribution in [2.24, 2.45) is 5.41 Å². The minimum Gasteiger partial charge on any atom is -0.444 e. The highest BCUT2D eigenvalue weighted by atomic mass is 35.5. The van der Waals surface area contributed by atoms with E-state index in [4.69, 9.17) is 21.1 Å². The lowest BCUT2D eigenvalue weighted by molar-refractivity contribution is -0.159. The van der Waals surface area contributed by atoms with Crippen LogP contribution < -0.4 is 9.47 Å². The summed E-state index contributed by atoms with van der Waals surface area (Å²) in [6, 6.07) is 14.3. The van der Waals surface area contributed by atoms with Crippen LogP contribution in [-0.2, 0) is 24.9 Å². The molecule has 13 heteroatoms. The van der Waals surface area contributed by atoms with Crippen molar-refractivity contribution in [3.63, 3.8) is 0 Å². The van der Waals surface area contributed by atoms with Gasteiger partial charge in [0, 0.05) is 35.8 Å². The van der Waals surface area contributed by atoms with Crippen molar-refractivity contribution in [3.8, 4) is 29.0 Å². The van der Waals surface area contributed by atoms with Gasteiger partial charge in [0.2, 0.25) is 5.82 Å². The number of halogens is 5. The number of nitriles is 1. The average molecular weight is 654 g/mol. The Bertz CT molecular complexity index is 1850. The number of hydrogen-bond donors (Lipinski definition) is 0. The molecule has 2 aliphatic heterocycles. The number of hydrogen-bond acceptors (Lipinski definition) is 8. The molecule has 7 rings (SSSR count). The van der Waals surface area contributed by atoms with Crippen LogP contribution in [0.4, 0.5) is 17.6 Å². The smallest absolute Gasteiger partial charge is 0.444 e. The van der Waals surface area contributed by atoms with Crippen LogP contribution in [0.25, 0.3) is 11.4 Å². The van der Waals surface area contributed by atoms with Gasteiger partial charge in [-0.25, -0.2) is 4.39 Å². The number of nitrogens with zero attached hydrogens (tertiary/aromatic N) is 5. The van der Waals surface area contributed by atoms with Gasteiger partial charge in [-0.3, -0.25) is 9.88 Å². The minimum atomic E-state index is -4.75. The quantitative estimate of drug-likeness (QED) is 0.186. The van der Waals surface area contributed by atoms with E-state index >= 15 is 0 Å². The maximum atomic E-state index is 14.8. The van der Waals surface area contributed by atoms with Gasteiger partial charge in [0.15, 0.2) is 11.5 Å². The number of benzene rings is 2. The second-order valence-electron chi connectivity index (χ2n) is 12.3. The van der Waals surface area contributed by atoms with Gasteiger partial charge < -0.3 is 14.0 Å². The second kappa shape index (κ2) is 11.2. The van der Waals surface area contributed by atoms with Crippen LogP contribution in [0, 0.1) is 22.6 Å². The number of fused-ring (bicyclic) bond motifs is 1. The van der Waals surface area contributed by atoms with Gasteiger partial charge in [-0.2, -0.15) is 23.4 Å². The SMILES string of the molecule is CC1(c2ccc(Cl)cc2F)Oc2cccc(C3CCN(Cc4ncc(-c5noc(C(F)(F)F)n5)cc4CC4(C#N)CC4)CC3)c2O1. The van der Waals surface area contributed by atoms with E-state index in [0.717, 1.165) is 55.6 Å². The van der Waals surface area contributed by atoms with E-state index in [-0.39, 0.29) is 22.3 Å². The highest BCUT2D eigenvalue weighted by Crippen LogP contribution is 2.50. The largest absolute Gasteiger partial charge is 0.471 e. The highest BCUT2D eigenvalue weighted by molar-refractivity contribution is 6.30. The molecule has 2 fully saturated rings. The number of piperidine rings is 1. The molecule has 3 aliphatic rings. The van der Waals surface area contributed by atoms with E-state index in [1.165, 1.54) is 12.3 Å². The molecule has 0 radical (unpaired) electrons. The van der Waals surface area contributed by atoms with Crippen molar-refractivity contribution in [2.45, 2.75) is 63.5 Å². The van der Waals surface area contributed by atoms with E-state index in [1.807, 2.05) is 18.2 Å². The van der Waals surface area contributed by atoms with Gasteiger partial charge in [0.1, 0.15) is 5.82 Å². The predicted molar refractivity (Wildman–Crippen MR) is 157 cm³/mol.